The normalized spacial score (nSPS) is 12.7. The first-order valence-corrected chi connectivity index (χ1v) is 5.76. The quantitative estimate of drug-likeness (QED) is 0.657. The average molecular weight is 332 g/mol. The number of rotatable bonds is 3. The standard InChI is InChI=1S/C12H8ClF6NO/c13-9-3-2-8(12(17,18)19)5-7(9)1-4-10(21)20-6-11(14,15)16/h1-5H,6H2,(H,20,21). The van der Waals surface area contributed by atoms with Crippen molar-refractivity contribution in [2.45, 2.75) is 12.4 Å². The van der Waals surface area contributed by atoms with Crippen molar-refractivity contribution in [3.63, 3.8) is 0 Å². The maximum absolute atomic E-state index is 12.5. The van der Waals surface area contributed by atoms with Crippen LogP contribution in [0.4, 0.5) is 26.3 Å². The van der Waals surface area contributed by atoms with Gasteiger partial charge in [-0.3, -0.25) is 4.79 Å². The van der Waals surface area contributed by atoms with Crippen molar-refractivity contribution in [1.82, 2.24) is 5.32 Å². The lowest BCUT2D eigenvalue weighted by Gasteiger charge is -2.08. The predicted molar refractivity (Wildman–Crippen MR) is 64.6 cm³/mol. The van der Waals surface area contributed by atoms with Gasteiger partial charge in [0.15, 0.2) is 0 Å². The molecule has 0 unspecified atom stereocenters. The van der Waals surface area contributed by atoms with Gasteiger partial charge in [0.1, 0.15) is 6.54 Å². The van der Waals surface area contributed by atoms with Crippen LogP contribution in [0.3, 0.4) is 0 Å². The minimum atomic E-state index is -4.59. The minimum absolute atomic E-state index is 0.0668. The molecule has 0 aliphatic carbocycles. The number of hydrogen-bond donors (Lipinski definition) is 1. The van der Waals surface area contributed by atoms with Crippen molar-refractivity contribution in [2.24, 2.45) is 0 Å². The van der Waals surface area contributed by atoms with Crippen molar-refractivity contribution >= 4 is 23.6 Å². The van der Waals surface area contributed by atoms with Crippen molar-refractivity contribution in [3.8, 4) is 0 Å². The van der Waals surface area contributed by atoms with Crippen LogP contribution in [0.1, 0.15) is 11.1 Å². The number of amides is 1. The molecule has 0 aliphatic heterocycles. The molecule has 9 heteroatoms. The summed E-state index contributed by atoms with van der Waals surface area (Å²) in [4.78, 5) is 11.1. The molecule has 0 atom stereocenters. The lowest BCUT2D eigenvalue weighted by molar-refractivity contribution is -0.137. The lowest BCUT2D eigenvalue weighted by atomic mass is 10.1. The molecule has 1 aromatic rings. The second-order valence-electron chi connectivity index (χ2n) is 3.90. The smallest absolute Gasteiger partial charge is 0.343 e. The van der Waals surface area contributed by atoms with Crippen molar-refractivity contribution in [2.75, 3.05) is 6.54 Å². The highest BCUT2D eigenvalue weighted by molar-refractivity contribution is 6.32. The first-order valence-electron chi connectivity index (χ1n) is 5.38. The molecule has 1 amide bonds. The van der Waals surface area contributed by atoms with Crippen LogP contribution in [0.5, 0.6) is 0 Å². The van der Waals surface area contributed by atoms with Crippen LogP contribution in [-0.2, 0) is 11.0 Å². The topological polar surface area (TPSA) is 29.1 Å². The Morgan fingerprint density at radius 1 is 1.19 bits per heavy atom. The Kier molecular flexibility index (Phi) is 5.27. The third kappa shape index (κ3) is 6.07. The predicted octanol–water partition coefficient (Wildman–Crippen LogP) is 4.05. The first kappa shape index (κ1) is 17.4. The summed E-state index contributed by atoms with van der Waals surface area (Å²) >= 11 is 5.65. The van der Waals surface area contributed by atoms with Gasteiger partial charge in [-0.1, -0.05) is 11.6 Å². The van der Waals surface area contributed by atoms with Crippen LogP contribution in [0.2, 0.25) is 5.02 Å². The van der Waals surface area contributed by atoms with E-state index in [4.69, 9.17) is 11.6 Å². The molecular weight excluding hydrogens is 324 g/mol. The fourth-order valence-electron chi connectivity index (χ4n) is 1.26. The SMILES string of the molecule is O=C(C=Cc1cc(C(F)(F)F)ccc1Cl)NCC(F)(F)F. The van der Waals surface area contributed by atoms with Crippen LogP contribution in [0.15, 0.2) is 24.3 Å². The molecular formula is C12H8ClF6NO. The van der Waals surface area contributed by atoms with Gasteiger partial charge in [-0.2, -0.15) is 26.3 Å². The summed E-state index contributed by atoms with van der Waals surface area (Å²) < 4.78 is 73.0. The summed E-state index contributed by atoms with van der Waals surface area (Å²) in [5.41, 5.74) is -1.11. The van der Waals surface area contributed by atoms with E-state index in [1.165, 1.54) is 0 Å². The zero-order valence-electron chi connectivity index (χ0n) is 10.1. The Bertz CT molecular complexity index is 550. The van der Waals surface area contributed by atoms with Crippen molar-refractivity contribution < 1.29 is 31.1 Å². The van der Waals surface area contributed by atoms with Crippen LogP contribution in [0, 0.1) is 0 Å². The largest absolute Gasteiger partial charge is 0.416 e. The van der Waals surface area contributed by atoms with E-state index in [0.717, 1.165) is 18.2 Å². The highest BCUT2D eigenvalue weighted by Gasteiger charge is 2.30. The molecule has 0 saturated heterocycles. The minimum Gasteiger partial charge on any atom is -0.343 e. The van der Waals surface area contributed by atoms with Gasteiger partial charge in [-0.05, 0) is 29.8 Å². The number of benzene rings is 1. The van der Waals surface area contributed by atoms with E-state index >= 15 is 0 Å². The number of halogens is 7. The monoisotopic (exact) mass is 331 g/mol. The number of alkyl halides is 6. The summed E-state index contributed by atoms with van der Waals surface area (Å²) in [7, 11) is 0. The Hall–Kier alpha value is -1.70. The molecule has 2 nitrogen and oxygen atoms in total. The summed E-state index contributed by atoms with van der Waals surface area (Å²) in [6.45, 7) is -1.54. The fourth-order valence-corrected chi connectivity index (χ4v) is 1.44. The van der Waals surface area contributed by atoms with Crippen LogP contribution < -0.4 is 5.32 Å². The Balaban J connectivity index is 2.82. The third-order valence-electron chi connectivity index (χ3n) is 2.20. The molecule has 116 valence electrons. The van der Waals surface area contributed by atoms with E-state index in [0.29, 0.717) is 12.1 Å². The number of carbonyl (C=O) groups excluding carboxylic acids is 1. The lowest BCUT2D eigenvalue weighted by Crippen LogP contribution is -2.32. The van der Waals surface area contributed by atoms with Gasteiger partial charge in [0.05, 0.1) is 5.56 Å². The molecule has 0 bridgehead atoms. The number of nitrogens with one attached hydrogen (secondary N) is 1. The summed E-state index contributed by atoms with van der Waals surface area (Å²) in [6.07, 6.45) is -7.58. The number of hydrogen-bond acceptors (Lipinski definition) is 1. The Morgan fingerprint density at radius 3 is 2.33 bits per heavy atom. The van der Waals surface area contributed by atoms with Crippen LogP contribution in [0.25, 0.3) is 6.08 Å². The highest BCUT2D eigenvalue weighted by Crippen LogP contribution is 2.32. The second-order valence-corrected chi connectivity index (χ2v) is 4.31. The van der Waals surface area contributed by atoms with E-state index in [2.05, 4.69) is 0 Å². The molecule has 0 aliphatic rings. The van der Waals surface area contributed by atoms with E-state index < -0.39 is 30.4 Å². The second kappa shape index (κ2) is 6.38. The highest BCUT2D eigenvalue weighted by atomic mass is 35.5. The van der Waals surface area contributed by atoms with E-state index in [1.54, 1.807) is 5.32 Å². The maximum Gasteiger partial charge on any atom is 0.416 e. The Labute approximate surface area is 120 Å². The summed E-state index contributed by atoms with van der Waals surface area (Å²) in [6, 6.07) is 2.43. The zero-order chi connectivity index (χ0) is 16.3. The van der Waals surface area contributed by atoms with Crippen molar-refractivity contribution in [1.29, 1.82) is 0 Å². The van der Waals surface area contributed by atoms with Crippen molar-refractivity contribution in [3.05, 3.63) is 40.4 Å². The van der Waals surface area contributed by atoms with Gasteiger partial charge >= 0.3 is 12.4 Å². The van der Waals surface area contributed by atoms with Gasteiger partial charge in [-0.15, -0.1) is 0 Å². The molecule has 0 spiro atoms. The van der Waals surface area contributed by atoms with Gasteiger partial charge in [0.2, 0.25) is 5.91 Å². The van der Waals surface area contributed by atoms with Gasteiger partial charge in [-0.25, -0.2) is 0 Å². The zero-order valence-corrected chi connectivity index (χ0v) is 10.9. The van der Waals surface area contributed by atoms with Crippen LogP contribution >= 0.6 is 11.6 Å². The molecule has 0 radical (unpaired) electrons. The molecule has 0 saturated carbocycles. The molecule has 0 aromatic heterocycles. The molecule has 0 fully saturated rings. The van der Waals surface area contributed by atoms with E-state index in [-0.39, 0.29) is 10.6 Å². The molecule has 21 heavy (non-hydrogen) atoms. The number of carbonyl (C=O) groups is 1. The fraction of sp³-hybridized carbons (Fsp3) is 0.250. The summed E-state index contributed by atoms with van der Waals surface area (Å²) in [5.74, 6) is -1.10. The van der Waals surface area contributed by atoms with Gasteiger partial charge < -0.3 is 5.32 Å². The molecule has 1 rings (SSSR count). The van der Waals surface area contributed by atoms with E-state index in [1.807, 2.05) is 0 Å². The maximum atomic E-state index is 12.5. The average Bonchev–Trinajstić information content (AvgIpc) is 2.33. The molecule has 1 aromatic carbocycles. The van der Waals surface area contributed by atoms with E-state index in [9.17, 15) is 31.1 Å². The summed E-state index contributed by atoms with van der Waals surface area (Å²) in [5, 5.41) is 1.47. The third-order valence-corrected chi connectivity index (χ3v) is 2.54. The van der Waals surface area contributed by atoms with Crippen LogP contribution in [-0.4, -0.2) is 18.6 Å². The Morgan fingerprint density at radius 2 is 1.81 bits per heavy atom. The van der Waals surface area contributed by atoms with Gasteiger partial charge in [0.25, 0.3) is 0 Å². The van der Waals surface area contributed by atoms with Gasteiger partial charge in [0, 0.05) is 11.1 Å². The first-order chi connectivity index (χ1) is 9.49. The molecule has 1 N–H and O–H groups in total. The molecule has 0 heterocycles.